The van der Waals surface area contributed by atoms with Crippen LogP contribution in [-0.4, -0.2) is 36.7 Å². The molecule has 0 aromatic carbocycles. The second kappa shape index (κ2) is 4.11. The summed E-state index contributed by atoms with van der Waals surface area (Å²) in [6, 6.07) is 0. The van der Waals surface area contributed by atoms with Crippen LogP contribution in [0.3, 0.4) is 0 Å². The number of aromatic nitrogens is 1. The fraction of sp³-hybridized carbons (Fsp3) is 0.700. The second-order valence-corrected chi connectivity index (χ2v) is 4.00. The molecule has 78 valence electrons. The van der Waals surface area contributed by atoms with Crippen molar-refractivity contribution in [2.24, 2.45) is 5.73 Å². The number of likely N-dealkylation sites (tertiary alicyclic amines) is 1. The van der Waals surface area contributed by atoms with E-state index in [1.807, 2.05) is 0 Å². The molecule has 1 aromatic heterocycles. The molecule has 2 heterocycles. The van der Waals surface area contributed by atoms with Crippen molar-refractivity contribution in [1.82, 2.24) is 10.1 Å². The first-order valence-electron chi connectivity index (χ1n) is 5.13. The summed E-state index contributed by atoms with van der Waals surface area (Å²) in [5.41, 5.74) is 6.72. The van der Waals surface area contributed by atoms with Crippen molar-refractivity contribution in [2.45, 2.75) is 18.8 Å². The van der Waals surface area contributed by atoms with Gasteiger partial charge >= 0.3 is 0 Å². The first kappa shape index (κ1) is 9.68. The number of hydrogen-bond acceptors (Lipinski definition) is 4. The Morgan fingerprint density at radius 1 is 1.71 bits per heavy atom. The highest BCUT2D eigenvalue weighted by Crippen LogP contribution is 2.28. The SMILES string of the molecule is CN1CCC(c2oncc2CCN)C1. The third kappa shape index (κ3) is 1.81. The predicted molar refractivity (Wildman–Crippen MR) is 54.1 cm³/mol. The summed E-state index contributed by atoms with van der Waals surface area (Å²) in [6.45, 7) is 2.89. The first-order chi connectivity index (χ1) is 6.81. The molecule has 1 aliphatic heterocycles. The molecular formula is C10H17N3O. The maximum atomic E-state index is 5.53. The van der Waals surface area contributed by atoms with E-state index in [1.54, 1.807) is 6.20 Å². The number of nitrogens with zero attached hydrogens (tertiary/aromatic N) is 2. The molecule has 0 radical (unpaired) electrons. The lowest BCUT2D eigenvalue weighted by Gasteiger charge is -2.08. The Hall–Kier alpha value is -0.870. The lowest BCUT2D eigenvalue weighted by molar-refractivity contribution is 0.349. The molecule has 1 atom stereocenters. The molecule has 1 fully saturated rings. The van der Waals surface area contributed by atoms with Crippen LogP contribution in [0.15, 0.2) is 10.7 Å². The number of hydrogen-bond donors (Lipinski definition) is 1. The van der Waals surface area contributed by atoms with Gasteiger partial charge in [0, 0.05) is 18.0 Å². The topological polar surface area (TPSA) is 55.3 Å². The van der Waals surface area contributed by atoms with E-state index in [1.165, 1.54) is 12.0 Å². The molecule has 0 aliphatic carbocycles. The fourth-order valence-electron chi connectivity index (χ4n) is 2.10. The largest absolute Gasteiger partial charge is 0.361 e. The van der Waals surface area contributed by atoms with Gasteiger partial charge in [-0.15, -0.1) is 0 Å². The van der Waals surface area contributed by atoms with Crippen LogP contribution in [0.2, 0.25) is 0 Å². The Morgan fingerprint density at radius 3 is 3.21 bits per heavy atom. The van der Waals surface area contributed by atoms with E-state index in [4.69, 9.17) is 10.3 Å². The van der Waals surface area contributed by atoms with Crippen molar-refractivity contribution in [2.75, 3.05) is 26.7 Å². The van der Waals surface area contributed by atoms with Crippen molar-refractivity contribution < 1.29 is 4.52 Å². The van der Waals surface area contributed by atoms with Crippen LogP contribution in [0.5, 0.6) is 0 Å². The van der Waals surface area contributed by atoms with Gasteiger partial charge in [-0.2, -0.15) is 0 Å². The van der Waals surface area contributed by atoms with E-state index in [2.05, 4.69) is 17.1 Å². The summed E-state index contributed by atoms with van der Waals surface area (Å²) in [4.78, 5) is 2.32. The minimum absolute atomic E-state index is 0.518. The first-order valence-corrected chi connectivity index (χ1v) is 5.13. The molecule has 1 saturated heterocycles. The smallest absolute Gasteiger partial charge is 0.144 e. The van der Waals surface area contributed by atoms with Crippen LogP contribution in [0.1, 0.15) is 23.7 Å². The molecule has 1 unspecified atom stereocenters. The monoisotopic (exact) mass is 195 g/mol. The molecule has 4 nitrogen and oxygen atoms in total. The summed E-state index contributed by atoms with van der Waals surface area (Å²) in [6.07, 6.45) is 3.85. The minimum atomic E-state index is 0.518. The highest BCUT2D eigenvalue weighted by molar-refractivity contribution is 5.19. The Labute approximate surface area is 84.0 Å². The van der Waals surface area contributed by atoms with E-state index in [0.717, 1.165) is 25.3 Å². The lowest BCUT2D eigenvalue weighted by Crippen LogP contribution is -2.14. The van der Waals surface area contributed by atoms with Crippen LogP contribution < -0.4 is 5.73 Å². The highest BCUT2D eigenvalue weighted by Gasteiger charge is 2.26. The second-order valence-electron chi connectivity index (χ2n) is 4.00. The van der Waals surface area contributed by atoms with Gasteiger partial charge in [0.1, 0.15) is 5.76 Å². The average molecular weight is 195 g/mol. The van der Waals surface area contributed by atoms with E-state index < -0.39 is 0 Å². The molecule has 0 saturated carbocycles. The van der Waals surface area contributed by atoms with Gasteiger partial charge in [0.2, 0.25) is 0 Å². The maximum absolute atomic E-state index is 5.53. The van der Waals surface area contributed by atoms with Gasteiger partial charge in [-0.1, -0.05) is 5.16 Å². The molecule has 14 heavy (non-hydrogen) atoms. The predicted octanol–water partition coefficient (Wildman–Crippen LogP) is 0.595. The lowest BCUT2D eigenvalue weighted by atomic mass is 10.0. The molecule has 0 bridgehead atoms. The normalized spacial score (nSPS) is 23.1. The van der Waals surface area contributed by atoms with Crippen molar-refractivity contribution >= 4 is 0 Å². The van der Waals surface area contributed by atoms with Gasteiger partial charge < -0.3 is 15.2 Å². The Kier molecular flexibility index (Phi) is 2.84. The van der Waals surface area contributed by atoms with Crippen molar-refractivity contribution in [3.8, 4) is 0 Å². The zero-order valence-corrected chi connectivity index (χ0v) is 8.57. The van der Waals surface area contributed by atoms with Crippen LogP contribution in [0, 0.1) is 0 Å². The van der Waals surface area contributed by atoms with Gasteiger partial charge in [-0.3, -0.25) is 0 Å². The highest BCUT2D eigenvalue weighted by atomic mass is 16.5. The maximum Gasteiger partial charge on any atom is 0.144 e. The number of rotatable bonds is 3. The molecule has 2 N–H and O–H groups in total. The molecule has 0 spiro atoms. The van der Waals surface area contributed by atoms with Crippen molar-refractivity contribution in [3.63, 3.8) is 0 Å². The van der Waals surface area contributed by atoms with E-state index in [-0.39, 0.29) is 0 Å². The third-order valence-electron chi connectivity index (χ3n) is 2.85. The van der Waals surface area contributed by atoms with E-state index >= 15 is 0 Å². The number of nitrogens with two attached hydrogens (primary N) is 1. The average Bonchev–Trinajstić information content (AvgIpc) is 2.74. The summed E-state index contributed by atoms with van der Waals surface area (Å²) < 4.78 is 5.32. The fourth-order valence-corrected chi connectivity index (χ4v) is 2.10. The van der Waals surface area contributed by atoms with Gasteiger partial charge in [0.05, 0.1) is 6.20 Å². The molecular weight excluding hydrogens is 178 g/mol. The molecule has 0 amide bonds. The standard InChI is InChI=1S/C10H17N3O/c1-13-5-3-9(7-13)10-8(2-4-11)6-12-14-10/h6,9H,2-5,7,11H2,1H3. The van der Waals surface area contributed by atoms with Crippen LogP contribution in [0.25, 0.3) is 0 Å². The summed E-state index contributed by atoms with van der Waals surface area (Å²) in [5, 5.41) is 3.86. The van der Waals surface area contributed by atoms with E-state index in [9.17, 15) is 0 Å². The molecule has 2 rings (SSSR count). The van der Waals surface area contributed by atoms with Gasteiger partial charge in [-0.05, 0) is 33.0 Å². The van der Waals surface area contributed by atoms with E-state index in [0.29, 0.717) is 12.5 Å². The summed E-state index contributed by atoms with van der Waals surface area (Å²) >= 11 is 0. The van der Waals surface area contributed by atoms with Gasteiger partial charge in [-0.25, -0.2) is 0 Å². The summed E-state index contributed by atoms with van der Waals surface area (Å²) in [7, 11) is 2.14. The molecule has 1 aromatic rings. The zero-order chi connectivity index (χ0) is 9.97. The van der Waals surface area contributed by atoms with Crippen LogP contribution in [0.4, 0.5) is 0 Å². The molecule has 4 heteroatoms. The zero-order valence-electron chi connectivity index (χ0n) is 8.57. The van der Waals surface area contributed by atoms with Gasteiger partial charge in [0.25, 0.3) is 0 Å². The Bertz CT molecular complexity index is 297. The van der Waals surface area contributed by atoms with Crippen molar-refractivity contribution in [1.29, 1.82) is 0 Å². The van der Waals surface area contributed by atoms with Crippen LogP contribution in [-0.2, 0) is 6.42 Å². The minimum Gasteiger partial charge on any atom is -0.361 e. The molecule has 1 aliphatic rings. The Balaban J connectivity index is 2.11. The summed E-state index contributed by atoms with van der Waals surface area (Å²) in [5.74, 6) is 1.57. The van der Waals surface area contributed by atoms with Crippen LogP contribution >= 0.6 is 0 Å². The van der Waals surface area contributed by atoms with Crippen molar-refractivity contribution in [3.05, 3.63) is 17.5 Å². The van der Waals surface area contributed by atoms with Gasteiger partial charge in [0.15, 0.2) is 0 Å². The number of likely N-dealkylation sites (N-methyl/N-ethyl adjacent to an activating group) is 1. The quantitative estimate of drug-likeness (QED) is 0.767. The Morgan fingerprint density at radius 2 is 2.57 bits per heavy atom. The third-order valence-corrected chi connectivity index (χ3v) is 2.85.